The molecule has 1 fully saturated rings. The van der Waals surface area contributed by atoms with E-state index >= 15 is 0 Å². The molecule has 0 aliphatic carbocycles. The standard InChI is InChI=1S/C14H18BrNO2/c1-8-4-10(7-18-8)13(16)12-6-11(15)5-9-2-3-17-14(9)12/h5-6,8,10,13H,2-4,7,16H2,1H3. The summed E-state index contributed by atoms with van der Waals surface area (Å²) in [5, 5.41) is 0. The number of halogens is 1. The van der Waals surface area contributed by atoms with Crippen LogP contribution in [0.4, 0.5) is 0 Å². The van der Waals surface area contributed by atoms with Gasteiger partial charge in [-0.2, -0.15) is 0 Å². The largest absolute Gasteiger partial charge is 0.493 e. The monoisotopic (exact) mass is 311 g/mol. The Morgan fingerprint density at radius 3 is 3.00 bits per heavy atom. The van der Waals surface area contributed by atoms with Crippen LogP contribution in [0, 0.1) is 5.92 Å². The summed E-state index contributed by atoms with van der Waals surface area (Å²) in [7, 11) is 0. The van der Waals surface area contributed by atoms with Gasteiger partial charge in [-0.15, -0.1) is 0 Å². The zero-order valence-corrected chi connectivity index (χ0v) is 12.1. The van der Waals surface area contributed by atoms with Crippen LogP contribution in [0.1, 0.15) is 30.5 Å². The van der Waals surface area contributed by atoms with Crippen LogP contribution in [0.15, 0.2) is 16.6 Å². The van der Waals surface area contributed by atoms with E-state index in [1.807, 2.05) is 0 Å². The molecule has 3 unspecified atom stereocenters. The zero-order valence-electron chi connectivity index (χ0n) is 10.5. The average molecular weight is 312 g/mol. The van der Waals surface area contributed by atoms with Crippen molar-refractivity contribution in [3.8, 4) is 5.75 Å². The maximum Gasteiger partial charge on any atom is 0.127 e. The van der Waals surface area contributed by atoms with Crippen molar-refractivity contribution < 1.29 is 9.47 Å². The first-order valence-electron chi connectivity index (χ1n) is 6.47. The molecule has 2 heterocycles. The summed E-state index contributed by atoms with van der Waals surface area (Å²) in [6.07, 6.45) is 2.33. The number of fused-ring (bicyclic) bond motifs is 1. The number of nitrogens with two attached hydrogens (primary N) is 1. The van der Waals surface area contributed by atoms with Gasteiger partial charge in [-0.3, -0.25) is 0 Å². The van der Waals surface area contributed by atoms with Gasteiger partial charge >= 0.3 is 0 Å². The van der Waals surface area contributed by atoms with Crippen molar-refractivity contribution in [3.63, 3.8) is 0 Å². The van der Waals surface area contributed by atoms with Gasteiger partial charge < -0.3 is 15.2 Å². The van der Waals surface area contributed by atoms with Crippen molar-refractivity contribution in [2.75, 3.05) is 13.2 Å². The van der Waals surface area contributed by atoms with Crippen molar-refractivity contribution in [2.45, 2.75) is 31.9 Å². The molecule has 0 bridgehead atoms. The van der Waals surface area contributed by atoms with Gasteiger partial charge in [0.05, 0.1) is 19.3 Å². The molecule has 1 aromatic carbocycles. The molecule has 98 valence electrons. The number of hydrogen-bond donors (Lipinski definition) is 1. The fourth-order valence-corrected chi connectivity index (χ4v) is 3.42. The lowest BCUT2D eigenvalue weighted by Gasteiger charge is -2.21. The van der Waals surface area contributed by atoms with Crippen LogP contribution in [0.25, 0.3) is 0 Å². The van der Waals surface area contributed by atoms with Gasteiger partial charge in [-0.05, 0) is 31.0 Å². The van der Waals surface area contributed by atoms with Gasteiger partial charge in [0, 0.05) is 28.4 Å². The number of rotatable bonds is 2. The van der Waals surface area contributed by atoms with E-state index in [0.29, 0.717) is 12.0 Å². The lowest BCUT2D eigenvalue weighted by Crippen LogP contribution is -2.22. The second-order valence-corrected chi connectivity index (χ2v) is 6.16. The molecule has 0 aromatic heterocycles. The minimum atomic E-state index is -0.000648. The summed E-state index contributed by atoms with van der Waals surface area (Å²) in [4.78, 5) is 0. The Hall–Kier alpha value is -0.580. The van der Waals surface area contributed by atoms with Crippen LogP contribution in [0.2, 0.25) is 0 Å². The third kappa shape index (κ3) is 2.17. The van der Waals surface area contributed by atoms with Gasteiger partial charge in [0.15, 0.2) is 0 Å². The van der Waals surface area contributed by atoms with E-state index in [1.165, 1.54) is 5.56 Å². The number of ether oxygens (including phenoxy) is 2. The SMILES string of the molecule is CC1CC(C(N)c2cc(Br)cc3c2OCC3)CO1. The smallest absolute Gasteiger partial charge is 0.127 e. The van der Waals surface area contributed by atoms with E-state index in [1.54, 1.807) is 0 Å². The molecule has 3 rings (SSSR count). The summed E-state index contributed by atoms with van der Waals surface area (Å²) >= 11 is 3.56. The van der Waals surface area contributed by atoms with Crippen LogP contribution in [0.5, 0.6) is 5.75 Å². The van der Waals surface area contributed by atoms with E-state index < -0.39 is 0 Å². The van der Waals surface area contributed by atoms with Crippen LogP contribution in [0.3, 0.4) is 0 Å². The third-order valence-corrected chi connectivity index (χ3v) is 4.33. The molecule has 0 saturated carbocycles. The predicted octanol–water partition coefficient (Wildman–Crippen LogP) is 2.81. The van der Waals surface area contributed by atoms with Gasteiger partial charge in [0.2, 0.25) is 0 Å². The van der Waals surface area contributed by atoms with Crippen LogP contribution >= 0.6 is 15.9 Å². The molecule has 4 heteroatoms. The molecule has 3 nitrogen and oxygen atoms in total. The first kappa shape index (κ1) is 12.5. The van der Waals surface area contributed by atoms with Gasteiger partial charge in [-0.25, -0.2) is 0 Å². The first-order chi connectivity index (χ1) is 8.65. The Bertz CT molecular complexity index is 463. The Balaban J connectivity index is 1.92. The van der Waals surface area contributed by atoms with Crippen LogP contribution < -0.4 is 10.5 Å². The highest BCUT2D eigenvalue weighted by Gasteiger charge is 2.31. The second-order valence-electron chi connectivity index (χ2n) is 5.25. The highest BCUT2D eigenvalue weighted by atomic mass is 79.9. The molecule has 1 saturated heterocycles. The van der Waals surface area contributed by atoms with E-state index in [9.17, 15) is 0 Å². The van der Waals surface area contributed by atoms with Gasteiger partial charge in [0.25, 0.3) is 0 Å². The summed E-state index contributed by atoms with van der Waals surface area (Å²) in [6.45, 7) is 3.63. The van der Waals surface area contributed by atoms with Crippen molar-refractivity contribution >= 4 is 15.9 Å². The van der Waals surface area contributed by atoms with Gasteiger partial charge in [-0.1, -0.05) is 15.9 Å². The lowest BCUT2D eigenvalue weighted by atomic mass is 9.90. The number of hydrogen-bond acceptors (Lipinski definition) is 3. The molecule has 18 heavy (non-hydrogen) atoms. The Morgan fingerprint density at radius 1 is 1.44 bits per heavy atom. The molecule has 2 aliphatic rings. The minimum Gasteiger partial charge on any atom is -0.493 e. The van der Waals surface area contributed by atoms with Crippen LogP contribution in [-0.4, -0.2) is 19.3 Å². The van der Waals surface area contributed by atoms with Crippen molar-refractivity contribution in [1.29, 1.82) is 0 Å². The molecular weight excluding hydrogens is 294 g/mol. The normalized spacial score (nSPS) is 27.9. The van der Waals surface area contributed by atoms with E-state index in [4.69, 9.17) is 15.2 Å². The summed E-state index contributed by atoms with van der Waals surface area (Å²) in [5.41, 5.74) is 8.81. The molecule has 0 spiro atoms. The molecule has 2 aliphatic heterocycles. The predicted molar refractivity (Wildman–Crippen MR) is 73.8 cm³/mol. The van der Waals surface area contributed by atoms with Gasteiger partial charge in [0.1, 0.15) is 5.75 Å². The minimum absolute atomic E-state index is 0.000648. The molecule has 2 N–H and O–H groups in total. The van der Waals surface area contributed by atoms with E-state index in [2.05, 4.69) is 35.0 Å². The Kier molecular flexibility index (Phi) is 3.34. The quantitative estimate of drug-likeness (QED) is 0.913. The van der Waals surface area contributed by atoms with E-state index in [0.717, 1.165) is 41.8 Å². The Morgan fingerprint density at radius 2 is 2.28 bits per heavy atom. The van der Waals surface area contributed by atoms with Crippen LogP contribution in [-0.2, 0) is 11.2 Å². The van der Waals surface area contributed by atoms with E-state index in [-0.39, 0.29) is 6.04 Å². The molecular formula is C14H18BrNO2. The van der Waals surface area contributed by atoms with Crippen molar-refractivity contribution in [2.24, 2.45) is 11.7 Å². The molecule has 3 atom stereocenters. The Labute approximate surface area is 116 Å². The molecule has 1 aromatic rings. The number of benzene rings is 1. The summed E-state index contributed by atoms with van der Waals surface area (Å²) < 4.78 is 12.5. The molecule has 0 radical (unpaired) electrons. The highest BCUT2D eigenvalue weighted by Crippen LogP contribution is 2.40. The fourth-order valence-electron chi connectivity index (χ4n) is 2.90. The third-order valence-electron chi connectivity index (χ3n) is 3.87. The first-order valence-corrected chi connectivity index (χ1v) is 7.26. The zero-order chi connectivity index (χ0) is 12.7. The maximum absolute atomic E-state index is 6.42. The fraction of sp³-hybridized carbons (Fsp3) is 0.571. The topological polar surface area (TPSA) is 44.5 Å². The maximum atomic E-state index is 6.42. The average Bonchev–Trinajstić information content (AvgIpc) is 2.95. The van der Waals surface area contributed by atoms with Crippen molar-refractivity contribution in [1.82, 2.24) is 0 Å². The summed E-state index contributed by atoms with van der Waals surface area (Å²) in [5.74, 6) is 1.40. The second kappa shape index (κ2) is 4.83. The highest BCUT2D eigenvalue weighted by molar-refractivity contribution is 9.10. The molecule has 0 amide bonds. The van der Waals surface area contributed by atoms with Crippen molar-refractivity contribution in [3.05, 3.63) is 27.7 Å². The lowest BCUT2D eigenvalue weighted by molar-refractivity contribution is 0.118. The summed E-state index contributed by atoms with van der Waals surface area (Å²) in [6, 6.07) is 4.23.